The minimum absolute atomic E-state index is 0.277. The molecule has 4 aromatic carbocycles. The van der Waals surface area contributed by atoms with Crippen molar-refractivity contribution in [3.05, 3.63) is 142 Å². The van der Waals surface area contributed by atoms with Crippen molar-refractivity contribution in [2.45, 2.75) is 12.8 Å². The smallest absolute Gasteiger partial charge is 0.303 e. The molecule has 43 heavy (non-hydrogen) atoms. The average Bonchev–Trinajstić information content (AvgIpc) is 3.53. The molecule has 1 aromatic heterocycles. The molecule has 1 aliphatic heterocycles. The number of carbonyl (C=O) groups is 1. The quantitative estimate of drug-likeness (QED) is 0.203. The molecule has 7 nitrogen and oxygen atoms in total. The average molecular weight is 630 g/mol. The highest BCUT2D eigenvalue weighted by molar-refractivity contribution is 7.92. The Morgan fingerprint density at radius 3 is 2.35 bits per heavy atom. The summed E-state index contributed by atoms with van der Waals surface area (Å²) in [5.41, 5.74) is 5.83. The third-order valence-electron chi connectivity index (χ3n) is 7.05. The molecule has 1 saturated heterocycles. The molecule has 10 heteroatoms. The first-order valence-corrected chi connectivity index (χ1v) is 15.7. The highest BCUT2D eigenvalue weighted by Gasteiger charge is 2.34. The molecule has 0 spiro atoms. The second-order valence-corrected chi connectivity index (χ2v) is 12.5. The van der Waals surface area contributed by atoms with Crippen LogP contribution in [0.2, 0.25) is 10.0 Å². The number of carbonyl (C=O) groups excluding carboxylic acids is 1. The lowest BCUT2D eigenvalue weighted by molar-refractivity contribution is -0.117. The maximum atomic E-state index is 12.5. The number of benzene rings is 4. The van der Waals surface area contributed by atoms with Crippen molar-refractivity contribution >= 4 is 51.1 Å². The summed E-state index contributed by atoms with van der Waals surface area (Å²) in [4.78, 5) is 16.8. The van der Waals surface area contributed by atoms with Gasteiger partial charge in [-0.1, -0.05) is 96.0 Å². The summed E-state index contributed by atoms with van der Waals surface area (Å²) in [6, 6.07) is 30.8. The fourth-order valence-electron chi connectivity index (χ4n) is 4.94. The molecular weight excluding hydrogens is 603 g/mol. The molecule has 0 aliphatic carbocycles. The van der Waals surface area contributed by atoms with Crippen molar-refractivity contribution < 1.29 is 13.2 Å². The van der Waals surface area contributed by atoms with Crippen LogP contribution in [0.15, 0.2) is 109 Å². The number of hydrogen-bond donors (Lipinski definition) is 1. The Morgan fingerprint density at radius 2 is 1.63 bits per heavy atom. The van der Waals surface area contributed by atoms with Gasteiger partial charge in [-0.15, -0.1) is 0 Å². The molecule has 1 N–H and O–H groups in total. The lowest BCUT2D eigenvalue weighted by Gasteiger charge is -2.16. The zero-order chi connectivity index (χ0) is 30.0. The summed E-state index contributed by atoms with van der Waals surface area (Å²) in [5.74, 6) is 0.149. The Labute approximate surface area is 260 Å². The van der Waals surface area contributed by atoms with Crippen LogP contribution in [0.5, 0.6) is 0 Å². The standard InChI is InChI=1S/C33H26Cl2N4O3S/c34-26-16-17-29(30(35)19-26)31-21-38(27-10-5-11-28(20-27)39-22-33(40)37-43(39,41)42)32(36-31)18-25-14-12-24(13-15-25)9-4-8-23-6-2-1-3-7-23/h1-7,9-17,19-21H,8,18,22H2,(H,37,40)/b9-4+. The van der Waals surface area contributed by atoms with Crippen molar-refractivity contribution in [1.82, 2.24) is 14.3 Å². The van der Waals surface area contributed by atoms with E-state index in [2.05, 4.69) is 48.6 Å². The highest BCUT2D eigenvalue weighted by atomic mass is 35.5. The maximum absolute atomic E-state index is 12.5. The fraction of sp³-hybridized carbons (Fsp3) is 0.0909. The van der Waals surface area contributed by atoms with Crippen molar-refractivity contribution in [3.63, 3.8) is 0 Å². The first kappa shape index (κ1) is 28.7. The summed E-state index contributed by atoms with van der Waals surface area (Å²) >= 11 is 12.7. The van der Waals surface area contributed by atoms with Crippen LogP contribution in [0.25, 0.3) is 23.0 Å². The van der Waals surface area contributed by atoms with Gasteiger partial charge in [0.05, 0.1) is 16.4 Å². The third-order valence-corrected chi connectivity index (χ3v) is 9.00. The Hall–Kier alpha value is -4.37. The number of rotatable bonds is 8. The number of imidazole rings is 1. The molecule has 0 bridgehead atoms. The Kier molecular flexibility index (Phi) is 8.08. The van der Waals surface area contributed by atoms with Gasteiger partial charge in [0, 0.05) is 28.9 Å². The topological polar surface area (TPSA) is 84.3 Å². The van der Waals surface area contributed by atoms with Crippen molar-refractivity contribution in [2.75, 3.05) is 10.8 Å². The van der Waals surface area contributed by atoms with Crippen molar-refractivity contribution in [2.24, 2.45) is 0 Å². The first-order valence-electron chi connectivity index (χ1n) is 13.5. The predicted molar refractivity (Wildman–Crippen MR) is 172 cm³/mol. The van der Waals surface area contributed by atoms with Crippen LogP contribution in [0, 0.1) is 0 Å². The number of nitrogens with one attached hydrogen (secondary N) is 1. The van der Waals surface area contributed by atoms with E-state index in [0.717, 1.165) is 33.2 Å². The highest BCUT2D eigenvalue weighted by Crippen LogP contribution is 2.32. The number of anilines is 1. The van der Waals surface area contributed by atoms with Gasteiger partial charge in [0.25, 0.3) is 5.91 Å². The van der Waals surface area contributed by atoms with Crippen LogP contribution < -0.4 is 9.03 Å². The van der Waals surface area contributed by atoms with Crippen LogP contribution in [0.4, 0.5) is 5.69 Å². The van der Waals surface area contributed by atoms with Gasteiger partial charge in [-0.3, -0.25) is 4.79 Å². The molecule has 1 aliphatic rings. The number of halogens is 2. The van der Waals surface area contributed by atoms with E-state index in [-0.39, 0.29) is 6.54 Å². The molecule has 0 unspecified atom stereocenters. The van der Waals surface area contributed by atoms with E-state index in [0.29, 0.717) is 33.5 Å². The minimum Gasteiger partial charge on any atom is -0.303 e. The van der Waals surface area contributed by atoms with Gasteiger partial charge in [0.2, 0.25) is 0 Å². The number of hydrogen-bond acceptors (Lipinski definition) is 4. The molecule has 6 rings (SSSR count). The number of amides is 1. The Bertz CT molecular complexity index is 1940. The van der Waals surface area contributed by atoms with Crippen LogP contribution in [0.3, 0.4) is 0 Å². The van der Waals surface area contributed by atoms with Crippen LogP contribution in [-0.4, -0.2) is 30.4 Å². The van der Waals surface area contributed by atoms with E-state index in [9.17, 15) is 13.2 Å². The van der Waals surface area contributed by atoms with Gasteiger partial charge in [-0.2, -0.15) is 8.42 Å². The van der Waals surface area contributed by atoms with Gasteiger partial charge < -0.3 is 4.57 Å². The van der Waals surface area contributed by atoms with E-state index < -0.39 is 16.1 Å². The van der Waals surface area contributed by atoms with Crippen LogP contribution in [0.1, 0.15) is 22.5 Å². The van der Waals surface area contributed by atoms with E-state index in [4.69, 9.17) is 28.2 Å². The summed E-state index contributed by atoms with van der Waals surface area (Å²) in [6.07, 6.45) is 7.49. The van der Waals surface area contributed by atoms with Gasteiger partial charge >= 0.3 is 10.2 Å². The van der Waals surface area contributed by atoms with Crippen LogP contribution >= 0.6 is 23.2 Å². The summed E-state index contributed by atoms with van der Waals surface area (Å²) in [5, 5.41) is 0.992. The van der Waals surface area contributed by atoms with E-state index in [1.807, 2.05) is 45.8 Å². The second-order valence-electron chi connectivity index (χ2n) is 10.1. The zero-order valence-corrected chi connectivity index (χ0v) is 25.1. The predicted octanol–water partition coefficient (Wildman–Crippen LogP) is 6.87. The van der Waals surface area contributed by atoms with E-state index in [1.54, 1.807) is 30.3 Å². The molecule has 5 aromatic rings. The third kappa shape index (κ3) is 6.51. The van der Waals surface area contributed by atoms with Gasteiger partial charge in [-0.25, -0.2) is 14.0 Å². The first-order chi connectivity index (χ1) is 20.7. The zero-order valence-electron chi connectivity index (χ0n) is 22.8. The summed E-state index contributed by atoms with van der Waals surface area (Å²) in [6.45, 7) is -0.277. The Morgan fingerprint density at radius 1 is 0.860 bits per heavy atom. The van der Waals surface area contributed by atoms with Gasteiger partial charge in [-0.05, 0) is 59.5 Å². The summed E-state index contributed by atoms with van der Waals surface area (Å²) < 4.78 is 30.0. The maximum Gasteiger partial charge on any atom is 0.326 e. The molecule has 216 valence electrons. The number of aromatic nitrogens is 2. The fourth-order valence-corrected chi connectivity index (χ4v) is 6.59. The molecular formula is C33H26Cl2N4O3S. The minimum atomic E-state index is -3.95. The SMILES string of the molecule is O=C1CN(c2cccc(-n3cc(-c4ccc(Cl)cc4Cl)nc3Cc3ccc(/C=C/Cc4ccccc4)cc3)c2)S(=O)(=O)N1. The number of nitrogens with zero attached hydrogens (tertiary/aromatic N) is 3. The molecule has 0 saturated carbocycles. The van der Waals surface area contributed by atoms with Gasteiger partial charge in [0.1, 0.15) is 12.4 Å². The normalized spacial score (nSPS) is 14.4. The monoisotopic (exact) mass is 628 g/mol. The molecule has 2 heterocycles. The van der Waals surface area contributed by atoms with Crippen molar-refractivity contribution in [1.29, 1.82) is 0 Å². The summed E-state index contributed by atoms with van der Waals surface area (Å²) in [7, 11) is -3.95. The van der Waals surface area contributed by atoms with Crippen molar-refractivity contribution in [3.8, 4) is 16.9 Å². The second kappa shape index (κ2) is 12.1. The molecule has 1 amide bonds. The lowest BCUT2D eigenvalue weighted by Crippen LogP contribution is -2.29. The molecule has 1 fully saturated rings. The van der Waals surface area contributed by atoms with Crippen LogP contribution in [-0.2, 0) is 27.8 Å². The molecule has 0 atom stereocenters. The van der Waals surface area contributed by atoms with Gasteiger partial charge in [0.15, 0.2) is 0 Å². The Balaban J connectivity index is 1.32. The lowest BCUT2D eigenvalue weighted by atomic mass is 10.1. The number of allylic oxidation sites excluding steroid dienone is 1. The van der Waals surface area contributed by atoms with E-state index >= 15 is 0 Å². The largest absolute Gasteiger partial charge is 0.326 e. The molecule has 0 radical (unpaired) electrons. The van der Waals surface area contributed by atoms with E-state index in [1.165, 1.54) is 5.56 Å².